The summed E-state index contributed by atoms with van der Waals surface area (Å²) >= 11 is 6.41. The van der Waals surface area contributed by atoms with Crippen LogP contribution in [0.3, 0.4) is 0 Å². The summed E-state index contributed by atoms with van der Waals surface area (Å²) in [4.78, 5) is 14.2. The molecule has 1 saturated heterocycles. The van der Waals surface area contributed by atoms with Gasteiger partial charge in [0.25, 0.3) is 5.91 Å². The van der Waals surface area contributed by atoms with Crippen molar-refractivity contribution in [1.29, 1.82) is 0 Å². The molecule has 0 radical (unpaired) electrons. The Kier molecular flexibility index (Phi) is 4.57. The number of phenols is 1. The zero-order valence-corrected chi connectivity index (χ0v) is 11.7. The van der Waals surface area contributed by atoms with Gasteiger partial charge in [0.15, 0.2) is 0 Å². The molecule has 2 rings (SSSR count). The van der Waals surface area contributed by atoms with Gasteiger partial charge in [0.2, 0.25) is 0 Å². The Morgan fingerprint density at radius 1 is 1.32 bits per heavy atom. The third-order valence-corrected chi connectivity index (χ3v) is 3.98. The summed E-state index contributed by atoms with van der Waals surface area (Å²) in [5.74, 6) is 0.0594. The summed E-state index contributed by atoms with van der Waals surface area (Å²) < 4.78 is 0.517. The molecule has 0 aliphatic carbocycles. The number of aliphatic hydroxyl groups is 1. The number of hydrogen-bond donors (Lipinski definition) is 2. The maximum Gasteiger partial charge on any atom is 0.266 e. The molecule has 1 fully saturated rings. The van der Waals surface area contributed by atoms with Crippen LogP contribution in [0.4, 0.5) is 0 Å². The molecule has 0 aromatic heterocycles. The lowest BCUT2D eigenvalue weighted by molar-refractivity contribution is -0.122. The fourth-order valence-electron chi connectivity index (χ4n) is 1.64. The Morgan fingerprint density at radius 3 is 2.63 bits per heavy atom. The molecule has 0 bridgehead atoms. The fraction of sp³-hybridized carbons (Fsp3) is 0.231. The minimum Gasteiger partial charge on any atom is -0.508 e. The van der Waals surface area contributed by atoms with Gasteiger partial charge < -0.3 is 10.2 Å². The summed E-state index contributed by atoms with van der Waals surface area (Å²) in [5, 5.41) is 18.0. The van der Waals surface area contributed by atoms with E-state index in [0.717, 1.165) is 5.56 Å². The lowest BCUT2D eigenvalue weighted by atomic mass is 10.2. The molecular weight excluding hydrogens is 282 g/mol. The first kappa shape index (κ1) is 14.0. The van der Waals surface area contributed by atoms with Crippen LogP contribution in [-0.4, -0.2) is 38.5 Å². The molecule has 0 spiro atoms. The standard InChI is InChI=1S/C13H13NO3S2/c15-7-1-6-14-12(17)11(19-13(14)18)8-9-2-4-10(16)5-3-9/h2-5,8,15-16H,1,6-7H2/b11-8-. The molecule has 6 heteroatoms. The van der Waals surface area contributed by atoms with Crippen molar-refractivity contribution in [2.75, 3.05) is 13.2 Å². The number of carbonyl (C=O) groups is 1. The number of phenolic OH excluding ortho intramolecular Hbond substituents is 1. The number of aromatic hydroxyl groups is 1. The van der Waals surface area contributed by atoms with Crippen LogP contribution >= 0.6 is 24.0 Å². The van der Waals surface area contributed by atoms with Crippen LogP contribution < -0.4 is 0 Å². The predicted octanol–water partition coefficient (Wildman–Crippen LogP) is 1.98. The highest BCUT2D eigenvalue weighted by atomic mass is 32.2. The Balaban J connectivity index is 2.16. The second-order valence-electron chi connectivity index (χ2n) is 4.00. The van der Waals surface area contributed by atoms with E-state index in [1.54, 1.807) is 30.3 Å². The van der Waals surface area contributed by atoms with E-state index in [2.05, 4.69) is 0 Å². The monoisotopic (exact) mass is 295 g/mol. The van der Waals surface area contributed by atoms with Gasteiger partial charge in [0.1, 0.15) is 10.1 Å². The normalized spacial score (nSPS) is 17.5. The van der Waals surface area contributed by atoms with E-state index < -0.39 is 0 Å². The molecule has 0 saturated carbocycles. The van der Waals surface area contributed by atoms with Crippen molar-refractivity contribution in [2.45, 2.75) is 6.42 Å². The van der Waals surface area contributed by atoms with Gasteiger partial charge in [-0.25, -0.2) is 0 Å². The van der Waals surface area contributed by atoms with E-state index in [1.807, 2.05) is 0 Å². The molecule has 1 aromatic rings. The summed E-state index contributed by atoms with van der Waals surface area (Å²) in [6.45, 7) is 0.474. The lowest BCUT2D eigenvalue weighted by Gasteiger charge is -2.12. The second-order valence-corrected chi connectivity index (χ2v) is 5.68. The summed E-state index contributed by atoms with van der Waals surface area (Å²) in [5.41, 5.74) is 0.834. The fourth-order valence-corrected chi connectivity index (χ4v) is 2.95. The first-order chi connectivity index (χ1) is 9.11. The lowest BCUT2D eigenvalue weighted by Crippen LogP contribution is -2.29. The van der Waals surface area contributed by atoms with Gasteiger partial charge in [0.05, 0.1) is 4.91 Å². The van der Waals surface area contributed by atoms with Gasteiger partial charge in [-0.2, -0.15) is 0 Å². The van der Waals surface area contributed by atoms with E-state index in [0.29, 0.717) is 22.2 Å². The van der Waals surface area contributed by atoms with Crippen LogP contribution in [0.1, 0.15) is 12.0 Å². The van der Waals surface area contributed by atoms with Gasteiger partial charge in [-0.1, -0.05) is 36.1 Å². The van der Waals surface area contributed by atoms with Crippen LogP contribution in [0, 0.1) is 0 Å². The first-order valence-electron chi connectivity index (χ1n) is 5.77. The SMILES string of the molecule is O=C1/C(=C/c2ccc(O)cc2)SC(=S)N1CCCO. The molecule has 1 aliphatic heterocycles. The number of hydrogen-bond acceptors (Lipinski definition) is 5. The molecule has 0 unspecified atom stereocenters. The van der Waals surface area contributed by atoms with Crippen molar-refractivity contribution in [3.05, 3.63) is 34.7 Å². The molecule has 1 aromatic carbocycles. The van der Waals surface area contributed by atoms with Gasteiger partial charge >= 0.3 is 0 Å². The third-order valence-electron chi connectivity index (χ3n) is 2.60. The predicted molar refractivity (Wildman–Crippen MR) is 79.7 cm³/mol. The minimum absolute atomic E-state index is 0.0358. The quantitative estimate of drug-likeness (QED) is 0.657. The highest BCUT2D eigenvalue weighted by Gasteiger charge is 2.31. The number of thioether (sulfide) groups is 1. The molecule has 0 atom stereocenters. The maximum atomic E-state index is 12.1. The van der Waals surface area contributed by atoms with E-state index in [-0.39, 0.29) is 18.3 Å². The Labute approximate surface area is 120 Å². The second kappa shape index (κ2) is 6.18. The summed E-state index contributed by atoms with van der Waals surface area (Å²) in [6.07, 6.45) is 2.26. The molecule has 1 heterocycles. The summed E-state index contributed by atoms with van der Waals surface area (Å²) in [6, 6.07) is 6.60. The zero-order valence-electron chi connectivity index (χ0n) is 10.1. The maximum absolute atomic E-state index is 12.1. The third kappa shape index (κ3) is 3.34. The van der Waals surface area contributed by atoms with Gasteiger partial charge in [-0.15, -0.1) is 0 Å². The van der Waals surface area contributed by atoms with Crippen LogP contribution in [0.25, 0.3) is 6.08 Å². The molecular formula is C13H13NO3S2. The number of carbonyl (C=O) groups excluding carboxylic acids is 1. The van der Waals surface area contributed by atoms with Crippen LogP contribution in [0.2, 0.25) is 0 Å². The van der Waals surface area contributed by atoms with Gasteiger partial charge in [-0.05, 0) is 30.2 Å². The van der Waals surface area contributed by atoms with Crippen LogP contribution in [-0.2, 0) is 4.79 Å². The van der Waals surface area contributed by atoms with Crippen molar-refractivity contribution >= 4 is 40.3 Å². The van der Waals surface area contributed by atoms with Crippen molar-refractivity contribution in [3.63, 3.8) is 0 Å². The van der Waals surface area contributed by atoms with Crippen molar-refractivity contribution in [2.24, 2.45) is 0 Å². The summed E-state index contributed by atoms with van der Waals surface area (Å²) in [7, 11) is 0. The van der Waals surface area contributed by atoms with E-state index >= 15 is 0 Å². The molecule has 19 heavy (non-hydrogen) atoms. The average Bonchev–Trinajstić information content (AvgIpc) is 2.65. The van der Waals surface area contributed by atoms with Crippen molar-refractivity contribution in [3.8, 4) is 5.75 Å². The number of nitrogens with zero attached hydrogens (tertiary/aromatic N) is 1. The van der Waals surface area contributed by atoms with Gasteiger partial charge in [0, 0.05) is 13.2 Å². The molecule has 1 amide bonds. The molecule has 2 N–H and O–H groups in total. The topological polar surface area (TPSA) is 60.8 Å². The van der Waals surface area contributed by atoms with E-state index in [1.165, 1.54) is 16.7 Å². The Bertz CT molecular complexity index is 525. The van der Waals surface area contributed by atoms with Crippen LogP contribution in [0.15, 0.2) is 29.2 Å². The highest BCUT2D eigenvalue weighted by Crippen LogP contribution is 2.32. The number of aliphatic hydroxyl groups excluding tert-OH is 1. The highest BCUT2D eigenvalue weighted by molar-refractivity contribution is 8.26. The molecule has 100 valence electrons. The van der Waals surface area contributed by atoms with Crippen molar-refractivity contribution < 1.29 is 15.0 Å². The zero-order chi connectivity index (χ0) is 13.8. The van der Waals surface area contributed by atoms with Crippen molar-refractivity contribution in [1.82, 2.24) is 4.90 Å². The number of thiocarbonyl (C=S) groups is 1. The molecule has 4 nitrogen and oxygen atoms in total. The minimum atomic E-state index is -0.128. The van der Waals surface area contributed by atoms with E-state index in [4.69, 9.17) is 17.3 Å². The van der Waals surface area contributed by atoms with E-state index in [9.17, 15) is 9.90 Å². The molecule has 1 aliphatic rings. The number of amides is 1. The first-order valence-corrected chi connectivity index (χ1v) is 6.99. The Morgan fingerprint density at radius 2 is 2.00 bits per heavy atom. The van der Waals surface area contributed by atoms with Crippen LogP contribution in [0.5, 0.6) is 5.75 Å². The van der Waals surface area contributed by atoms with Gasteiger partial charge in [-0.3, -0.25) is 9.69 Å². The Hall–Kier alpha value is -1.37. The average molecular weight is 295 g/mol. The smallest absolute Gasteiger partial charge is 0.266 e. The largest absolute Gasteiger partial charge is 0.508 e. The number of benzene rings is 1. The number of rotatable bonds is 4.